The normalized spacial score (nSPS) is 14.1. The van der Waals surface area contributed by atoms with Gasteiger partial charge in [0.15, 0.2) is 0 Å². The van der Waals surface area contributed by atoms with Gasteiger partial charge in [-0.05, 0) is 25.7 Å². The summed E-state index contributed by atoms with van der Waals surface area (Å²) in [5.74, 6) is 1.65. The molecule has 5 nitrogen and oxygen atoms in total. The number of nitrogens with two attached hydrogens (primary N) is 1. The van der Waals surface area contributed by atoms with Crippen LogP contribution in [0.3, 0.4) is 0 Å². The van der Waals surface area contributed by atoms with Crippen molar-refractivity contribution in [3.05, 3.63) is 17.1 Å². The van der Waals surface area contributed by atoms with Crippen molar-refractivity contribution < 1.29 is 12.8 Å². The Labute approximate surface area is 115 Å². The Kier molecular flexibility index (Phi) is 5.18. The van der Waals surface area contributed by atoms with Gasteiger partial charge in [0.2, 0.25) is 10.0 Å². The summed E-state index contributed by atoms with van der Waals surface area (Å²) in [6.07, 6.45) is 0. The van der Waals surface area contributed by atoms with Crippen molar-refractivity contribution in [3.8, 4) is 0 Å². The van der Waals surface area contributed by atoms with Crippen LogP contribution in [0.5, 0.6) is 0 Å². The summed E-state index contributed by atoms with van der Waals surface area (Å²) < 4.78 is 32.7. The molecule has 1 heterocycles. The number of aryl methyl sites for hydroxylation is 2. The van der Waals surface area contributed by atoms with Gasteiger partial charge in [0.1, 0.15) is 16.4 Å². The molecule has 0 bridgehead atoms. The Bertz CT molecular complexity index is 532. The Balaban J connectivity index is 3.01. The zero-order chi connectivity index (χ0) is 14.8. The maximum Gasteiger partial charge on any atom is 0.244 e. The van der Waals surface area contributed by atoms with E-state index in [-0.39, 0.29) is 17.4 Å². The number of hydrogen-bond acceptors (Lipinski definition) is 4. The molecule has 1 aromatic rings. The van der Waals surface area contributed by atoms with E-state index in [9.17, 15) is 8.42 Å². The molecule has 0 aromatic carbocycles. The van der Waals surface area contributed by atoms with Gasteiger partial charge in [0.05, 0.1) is 0 Å². The second-order valence-corrected chi connectivity index (χ2v) is 7.00. The largest absolute Gasteiger partial charge is 0.465 e. The average Bonchev–Trinajstić information content (AvgIpc) is 2.60. The average molecular weight is 288 g/mol. The Morgan fingerprint density at radius 3 is 2.26 bits per heavy atom. The highest BCUT2D eigenvalue weighted by atomic mass is 32.2. The molecule has 1 aromatic heterocycles. The Morgan fingerprint density at radius 2 is 1.79 bits per heavy atom. The molecule has 0 saturated carbocycles. The summed E-state index contributed by atoms with van der Waals surface area (Å²) in [4.78, 5) is 0.198. The minimum absolute atomic E-state index is 0.152. The van der Waals surface area contributed by atoms with Crippen molar-refractivity contribution in [3.63, 3.8) is 0 Å². The van der Waals surface area contributed by atoms with E-state index in [2.05, 4.69) is 18.6 Å². The minimum Gasteiger partial charge on any atom is -0.465 e. The van der Waals surface area contributed by atoms with E-state index in [1.165, 1.54) is 0 Å². The third-order valence-electron chi connectivity index (χ3n) is 3.53. The van der Waals surface area contributed by atoms with Gasteiger partial charge in [-0.25, -0.2) is 13.1 Å². The molecule has 0 saturated heterocycles. The standard InChI is InChI=1S/C13H24N2O3S/c1-8(2)9(3)7-15-19(16,17)13-11(5)18-10(4)12(13)6-14/h8-9,15H,6-7,14H2,1-5H3. The lowest BCUT2D eigenvalue weighted by Gasteiger charge is -2.16. The van der Waals surface area contributed by atoms with Crippen LogP contribution < -0.4 is 10.5 Å². The van der Waals surface area contributed by atoms with Crippen LogP contribution in [-0.2, 0) is 16.6 Å². The predicted molar refractivity (Wildman–Crippen MR) is 75.3 cm³/mol. The molecule has 0 aliphatic rings. The van der Waals surface area contributed by atoms with Crippen molar-refractivity contribution in [2.75, 3.05) is 6.54 Å². The van der Waals surface area contributed by atoms with E-state index in [4.69, 9.17) is 10.2 Å². The Hall–Kier alpha value is -0.850. The fraction of sp³-hybridized carbons (Fsp3) is 0.692. The van der Waals surface area contributed by atoms with Crippen molar-refractivity contribution in [2.45, 2.75) is 46.1 Å². The number of sulfonamides is 1. The maximum absolute atomic E-state index is 12.3. The van der Waals surface area contributed by atoms with Crippen LogP contribution in [0.25, 0.3) is 0 Å². The fourth-order valence-corrected chi connectivity index (χ4v) is 3.45. The lowest BCUT2D eigenvalue weighted by atomic mass is 9.99. The van der Waals surface area contributed by atoms with E-state index >= 15 is 0 Å². The first kappa shape index (κ1) is 16.2. The molecule has 0 spiro atoms. The van der Waals surface area contributed by atoms with Gasteiger partial charge in [0.25, 0.3) is 0 Å². The third-order valence-corrected chi connectivity index (χ3v) is 5.15. The lowest BCUT2D eigenvalue weighted by Crippen LogP contribution is -2.31. The zero-order valence-electron chi connectivity index (χ0n) is 12.3. The molecule has 0 aliphatic heterocycles. The van der Waals surface area contributed by atoms with Crippen molar-refractivity contribution in [2.24, 2.45) is 17.6 Å². The molecule has 0 fully saturated rings. The first-order chi connectivity index (χ1) is 8.70. The number of furan rings is 1. The Morgan fingerprint density at radius 1 is 1.21 bits per heavy atom. The number of nitrogens with one attached hydrogen (secondary N) is 1. The van der Waals surface area contributed by atoms with E-state index in [1.54, 1.807) is 13.8 Å². The first-order valence-corrected chi connectivity index (χ1v) is 7.97. The molecule has 1 rings (SSSR count). The van der Waals surface area contributed by atoms with Crippen LogP contribution in [0.15, 0.2) is 9.31 Å². The predicted octanol–water partition coefficient (Wildman–Crippen LogP) is 1.93. The summed E-state index contributed by atoms with van der Waals surface area (Å²) in [7, 11) is -3.57. The number of hydrogen-bond donors (Lipinski definition) is 2. The summed E-state index contributed by atoms with van der Waals surface area (Å²) in [5, 5.41) is 0. The van der Waals surface area contributed by atoms with E-state index in [0.717, 1.165) is 0 Å². The monoisotopic (exact) mass is 288 g/mol. The molecule has 1 unspecified atom stereocenters. The summed E-state index contributed by atoms with van der Waals surface area (Å²) in [5.41, 5.74) is 6.17. The van der Waals surface area contributed by atoms with Gasteiger partial charge >= 0.3 is 0 Å². The van der Waals surface area contributed by atoms with E-state index < -0.39 is 10.0 Å². The van der Waals surface area contributed by atoms with E-state index in [0.29, 0.717) is 29.5 Å². The molecule has 19 heavy (non-hydrogen) atoms. The molecule has 3 N–H and O–H groups in total. The SMILES string of the molecule is Cc1oc(C)c(S(=O)(=O)NCC(C)C(C)C)c1CN. The molecule has 0 radical (unpaired) electrons. The minimum atomic E-state index is -3.57. The molecule has 6 heteroatoms. The van der Waals surface area contributed by atoms with Crippen LogP contribution in [-0.4, -0.2) is 15.0 Å². The molecular formula is C13H24N2O3S. The van der Waals surface area contributed by atoms with Crippen LogP contribution in [0, 0.1) is 25.7 Å². The topological polar surface area (TPSA) is 85.3 Å². The zero-order valence-corrected chi connectivity index (χ0v) is 13.1. The summed E-state index contributed by atoms with van der Waals surface area (Å²) >= 11 is 0. The smallest absolute Gasteiger partial charge is 0.244 e. The highest BCUT2D eigenvalue weighted by Crippen LogP contribution is 2.26. The molecule has 0 amide bonds. The van der Waals surface area contributed by atoms with Gasteiger partial charge in [0, 0.05) is 18.7 Å². The van der Waals surface area contributed by atoms with Gasteiger partial charge < -0.3 is 10.2 Å². The van der Waals surface area contributed by atoms with Crippen molar-refractivity contribution in [1.29, 1.82) is 0 Å². The second-order valence-electron chi connectivity index (χ2n) is 5.30. The second kappa shape index (κ2) is 6.07. The fourth-order valence-electron chi connectivity index (χ4n) is 1.85. The first-order valence-electron chi connectivity index (χ1n) is 6.49. The van der Waals surface area contributed by atoms with Gasteiger partial charge in [-0.3, -0.25) is 0 Å². The summed E-state index contributed by atoms with van der Waals surface area (Å²) in [6.45, 7) is 10.1. The third kappa shape index (κ3) is 3.58. The van der Waals surface area contributed by atoms with Gasteiger partial charge in [-0.2, -0.15) is 0 Å². The van der Waals surface area contributed by atoms with Crippen LogP contribution in [0.2, 0.25) is 0 Å². The van der Waals surface area contributed by atoms with E-state index in [1.807, 2.05) is 6.92 Å². The molecule has 0 aliphatic carbocycles. The van der Waals surface area contributed by atoms with Crippen LogP contribution >= 0.6 is 0 Å². The lowest BCUT2D eigenvalue weighted by molar-refractivity contribution is 0.414. The molecule has 1 atom stereocenters. The van der Waals surface area contributed by atoms with Gasteiger partial charge in [-0.15, -0.1) is 0 Å². The highest BCUT2D eigenvalue weighted by molar-refractivity contribution is 7.89. The van der Waals surface area contributed by atoms with Gasteiger partial charge in [-0.1, -0.05) is 20.8 Å². The molecule has 110 valence electrons. The van der Waals surface area contributed by atoms with Crippen molar-refractivity contribution in [1.82, 2.24) is 4.72 Å². The van der Waals surface area contributed by atoms with Crippen LogP contribution in [0.1, 0.15) is 37.9 Å². The van der Waals surface area contributed by atoms with Crippen LogP contribution in [0.4, 0.5) is 0 Å². The highest BCUT2D eigenvalue weighted by Gasteiger charge is 2.26. The molecular weight excluding hydrogens is 264 g/mol. The number of rotatable bonds is 6. The quantitative estimate of drug-likeness (QED) is 0.837. The van der Waals surface area contributed by atoms with Crippen molar-refractivity contribution >= 4 is 10.0 Å². The summed E-state index contributed by atoms with van der Waals surface area (Å²) in [6, 6.07) is 0. The maximum atomic E-state index is 12.3.